The fraction of sp³-hybridized carbons (Fsp3) is 0.316. The summed E-state index contributed by atoms with van der Waals surface area (Å²) < 4.78 is 0. The number of benzene rings is 2. The minimum atomic E-state index is -1.63. The molecule has 0 saturated heterocycles. The summed E-state index contributed by atoms with van der Waals surface area (Å²) >= 11 is 0. The van der Waals surface area contributed by atoms with E-state index in [4.69, 9.17) is 0 Å². The van der Waals surface area contributed by atoms with E-state index in [9.17, 15) is 9.90 Å². The topological polar surface area (TPSA) is 37.3 Å². The maximum absolute atomic E-state index is 12.0. The monoisotopic (exact) mass is 310 g/mol. The lowest BCUT2D eigenvalue weighted by Gasteiger charge is -2.24. The SMILES string of the molecule is C[Si](C)(C)C1C(C(=O)O)C1(c1ccccc1)c1ccccc1. The molecule has 0 amide bonds. The summed E-state index contributed by atoms with van der Waals surface area (Å²) in [5.41, 5.74) is 2.14. The lowest BCUT2D eigenvalue weighted by molar-refractivity contribution is -0.138. The molecule has 2 nitrogen and oxygen atoms in total. The number of carboxylic acid groups (broad SMARTS) is 1. The van der Waals surface area contributed by atoms with Crippen molar-refractivity contribution < 1.29 is 9.90 Å². The predicted octanol–water partition coefficient (Wildman–Crippen LogP) is 4.40. The van der Waals surface area contributed by atoms with Crippen LogP contribution in [0.25, 0.3) is 0 Å². The molecule has 2 aromatic carbocycles. The van der Waals surface area contributed by atoms with Gasteiger partial charge in [-0.2, -0.15) is 0 Å². The molecule has 1 aliphatic rings. The van der Waals surface area contributed by atoms with E-state index in [1.54, 1.807) is 0 Å². The average molecular weight is 310 g/mol. The highest BCUT2D eigenvalue weighted by molar-refractivity contribution is 6.79. The molecule has 2 aromatic rings. The second kappa shape index (κ2) is 5.09. The van der Waals surface area contributed by atoms with Gasteiger partial charge in [-0.1, -0.05) is 80.3 Å². The molecule has 0 spiro atoms. The number of carboxylic acids is 1. The van der Waals surface area contributed by atoms with Crippen molar-refractivity contribution in [1.29, 1.82) is 0 Å². The minimum Gasteiger partial charge on any atom is -0.481 e. The Balaban J connectivity index is 2.24. The molecule has 1 fully saturated rings. The number of hydrogen-bond acceptors (Lipinski definition) is 1. The van der Waals surface area contributed by atoms with Crippen molar-refractivity contribution in [3.63, 3.8) is 0 Å². The van der Waals surface area contributed by atoms with Crippen LogP contribution in [0.3, 0.4) is 0 Å². The van der Waals surface area contributed by atoms with E-state index >= 15 is 0 Å². The molecule has 0 heterocycles. The van der Waals surface area contributed by atoms with Crippen molar-refractivity contribution in [2.45, 2.75) is 30.6 Å². The first-order valence-corrected chi connectivity index (χ1v) is 11.3. The Hall–Kier alpha value is -1.87. The Morgan fingerprint density at radius 1 is 0.909 bits per heavy atom. The Morgan fingerprint density at radius 2 is 1.32 bits per heavy atom. The maximum atomic E-state index is 12.0. The van der Waals surface area contributed by atoms with Gasteiger partial charge in [0.15, 0.2) is 0 Å². The van der Waals surface area contributed by atoms with Crippen molar-refractivity contribution >= 4 is 14.0 Å². The molecule has 2 atom stereocenters. The van der Waals surface area contributed by atoms with E-state index < -0.39 is 14.0 Å². The van der Waals surface area contributed by atoms with Gasteiger partial charge in [-0.25, -0.2) is 0 Å². The third kappa shape index (κ3) is 2.12. The van der Waals surface area contributed by atoms with Crippen LogP contribution in [-0.4, -0.2) is 19.1 Å². The van der Waals surface area contributed by atoms with Crippen molar-refractivity contribution in [3.8, 4) is 0 Å². The number of carbonyl (C=O) groups is 1. The van der Waals surface area contributed by atoms with Gasteiger partial charge < -0.3 is 5.11 Å². The van der Waals surface area contributed by atoms with Crippen LogP contribution in [0, 0.1) is 5.92 Å². The van der Waals surface area contributed by atoms with E-state index in [2.05, 4.69) is 43.9 Å². The van der Waals surface area contributed by atoms with Crippen molar-refractivity contribution in [1.82, 2.24) is 0 Å². The van der Waals surface area contributed by atoms with Crippen LogP contribution in [0.5, 0.6) is 0 Å². The number of aliphatic carboxylic acids is 1. The van der Waals surface area contributed by atoms with Gasteiger partial charge in [-0.15, -0.1) is 0 Å². The predicted molar refractivity (Wildman–Crippen MR) is 91.9 cm³/mol. The van der Waals surface area contributed by atoms with Crippen molar-refractivity contribution in [2.24, 2.45) is 5.92 Å². The zero-order valence-electron chi connectivity index (χ0n) is 13.3. The van der Waals surface area contributed by atoms with Crippen LogP contribution >= 0.6 is 0 Å². The maximum Gasteiger partial charge on any atom is 0.307 e. The van der Waals surface area contributed by atoms with Gasteiger partial charge in [-0.3, -0.25) is 4.79 Å². The van der Waals surface area contributed by atoms with E-state index in [1.807, 2.05) is 36.4 Å². The summed E-state index contributed by atoms with van der Waals surface area (Å²) in [6.45, 7) is 6.84. The molecule has 0 aromatic heterocycles. The second-order valence-corrected chi connectivity index (χ2v) is 12.6. The standard InChI is InChI=1S/C19H22O2Si/c1-22(2,3)17-16(18(20)21)19(17,14-10-6-4-7-11-14)15-12-8-5-9-13-15/h4-13,16-17H,1-3H3,(H,20,21). The molecule has 114 valence electrons. The fourth-order valence-electron chi connectivity index (χ4n) is 4.22. The molecule has 1 aliphatic carbocycles. The van der Waals surface area contributed by atoms with Gasteiger partial charge in [-0.05, 0) is 16.7 Å². The Labute approximate surface area is 132 Å². The third-order valence-corrected chi connectivity index (χ3v) is 7.56. The van der Waals surface area contributed by atoms with Crippen LogP contribution in [0.15, 0.2) is 60.7 Å². The van der Waals surface area contributed by atoms with Crippen LogP contribution in [0.1, 0.15) is 11.1 Å². The van der Waals surface area contributed by atoms with Gasteiger partial charge in [0.2, 0.25) is 0 Å². The van der Waals surface area contributed by atoms with E-state index in [1.165, 1.54) is 0 Å². The molecule has 2 unspecified atom stereocenters. The first-order chi connectivity index (χ1) is 10.4. The summed E-state index contributed by atoms with van der Waals surface area (Å²) in [6, 6.07) is 20.4. The molecular weight excluding hydrogens is 288 g/mol. The summed E-state index contributed by atoms with van der Waals surface area (Å²) in [5.74, 6) is -0.982. The smallest absolute Gasteiger partial charge is 0.307 e. The summed E-state index contributed by atoms with van der Waals surface area (Å²) in [7, 11) is -1.63. The molecule has 0 bridgehead atoms. The molecule has 3 rings (SSSR count). The minimum absolute atomic E-state index is 0.224. The van der Waals surface area contributed by atoms with Gasteiger partial charge in [0.05, 0.1) is 5.92 Å². The quantitative estimate of drug-likeness (QED) is 0.850. The molecule has 0 radical (unpaired) electrons. The van der Waals surface area contributed by atoms with Gasteiger partial charge in [0, 0.05) is 13.5 Å². The van der Waals surface area contributed by atoms with Crippen LogP contribution < -0.4 is 0 Å². The Bertz CT molecular complexity index is 634. The second-order valence-electron chi connectivity index (χ2n) is 7.26. The third-order valence-electron chi connectivity index (χ3n) is 4.91. The molecular formula is C19H22O2Si. The zero-order valence-corrected chi connectivity index (χ0v) is 14.3. The van der Waals surface area contributed by atoms with Gasteiger partial charge >= 0.3 is 5.97 Å². The first kappa shape index (κ1) is 15.0. The van der Waals surface area contributed by atoms with E-state index in [0.29, 0.717) is 0 Å². The van der Waals surface area contributed by atoms with Crippen molar-refractivity contribution in [3.05, 3.63) is 71.8 Å². The molecule has 0 aliphatic heterocycles. The lowest BCUT2D eigenvalue weighted by atomic mass is 9.85. The fourth-order valence-corrected chi connectivity index (χ4v) is 7.41. The highest BCUT2D eigenvalue weighted by Gasteiger charge is 2.73. The molecule has 1 N–H and O–H groups in total. The van der Waals surface area contributed by atoms with Crippen LogP contribution in [-0.2, 0) is 10.2 Å². The van der Waals surface area contributed by atoms with Crippen molar-refractivity contribution in [2.75, 3.05) is 0 Å². The largest absolute Gasteiger partial charge is 0.481 e. The summed E-state index contributed by atoms with van der Waals surface area (Å²) in [6.07, 6.45) is 0. The molecule has 3 heteroatoms. The normalized spacial score (nSPS) is 23.0. The van der Waals surface area contributed by atoms with Crippen LogP contribution in [0.4, 0.5) is 0 Å². The van der Waals surface area contributed by atoms with Gasteiger partial charge in [0.1, 0.15) is 0 Å². The van der Waals surface area contributed by atoms with Crippen LogP contribution in [0.2, 0.25) is 25.2 Å². The zero-order chi connectivity index (χ0) is 16.0. The summed E-state index contributed by atoms with van der Waals surface area (Å²) in [5, 5.41) is 9.87. The molecule has 22 heavy (non-hydrogen) atoms. The van der Waals surface area contributed by atoms with E-state index in [-0.39, 0.29) is 16.9 Å². The van der Waals surface area contributed by atoms with Gasteiger partial charge in [0.25, 0.3) is 0 Å². The lowest BCUT2D eigenvalue weighted by Crippen LogP contribution is -2.26. The molecule has 1 saturated carbocycles. The Kier molecular flexibility index (Phi) is 3.48. The number of hydrogen-bond donors (Lipinski definition) is 1. The highest BCUT2D eigenvalue weighted by Crippen LogP contribution is 2.71. The average Bonchev–Trinajstić information content (AvgIpc) is 3.21. The van der Waals surface area contributed by atoms with E-state index in [0.717, 1.165) is 11.1 Å². The first-order valence-electron chi connectivity index (χ1n) is 7.74. The highest BCUT2D eigenvalue weighted by atomic mass is 28.3. The number of rotatable bonds is 4. The summed E-state index contributed by atoms with van der Waals surface area (Å²) in [4.78, 5) is 12.0. The Morgan fingerprint density at radius 3 is 1.59 bits per heavy atom.